The fourth-order valence-electron chi connectivity index (χ4n) is 5.06. The summed E-state index contributed by atoms with van der Waals surface area (Å²) in [5.74, 6) is -1.06. The molecule has 1 saturated heterocycles. The van der Waals surface area contributed by atoms with Crippen molar-refractivity contribution >= 4 is 45.4 Å². The Hall–Kier alpha value is -3.60. The number of imide groups is 1. The first-order valence-electron chi connectivity index (χ1n) is 14.2. The molecule has 1 N–H and O–H groups in total. The molecule has 0 unspecified atom stereocenters. The Morgan fingerprint density at radius 1 is 0.837 bits per heavy atom. The highest BCUT2D eigenvalue weighted by atomic mass is 28.4. The zero-order valence-corrected chi connectivity index (χ0v) is 27.2. The van der Waals surface area contributed by atoms with Gasteiger partial charge in [-0.2, -0.15) is 0 Å². The number of benzene rings is 2. The molecular weight excluding hydrogens is 583 g/mol. The third kappa shape index (κ3) is 6.66. The third-order valence-corrected chi connectivity index (χ3v) is 8.68. The first-order valence-corrected chi connectivity index (χ1v) is 21.0. The molecule has 0 aliphatic carbocycles. The summed E-state index contributed by atoms with van der Waals surface area (Å²) in [7, 11) is -4.19. The van der Waals surface area contributed by atoms with Crippen molar-refractivity contribution in [1.29, 1.82) is 0 Å². The van der Waals surface area contributed by atoms with Gasteiger partial charge in [-0.05, 0) is 63.5 Å². The molecule has 13 heteroatoms. The smallest absolute Gasteiger partial charge is 0.266 e. The normalized spacial score (nSPS) is 20.8. The van der Waals surface area contributed by atoms with E-state index in [0.717, 1.165) is 4.90 Å². The van der Waals surface area contributed by atoms with Gasteiger partial charge in [-0.15, -0.1) is 0 Å². The topological polar surface area (TPSA) is 129 Å². The molecule has 0 saturated carbocycles. The van der Waals surface area contributed by atoms with Gasteiger partial charge >= 0.3 is 0 Å². The lowest BCUT2D eigenvalue weighted by Crippen LogP contribution is -2.47. The summed E-state index contributed by atoms with van der Waals surface area (Å²) < 4.78 is 21.2. The van der Waals surface area contributed by atoms with Crippen molar-refractivity contribution in [3.63, 3.8) is 0 Å². The number of aliphatic hydroxyl groups is 1. The third-order valence-electron chi connectivity index (χ3n) is 6.72. The van der Waals surface area contributed by atoms with E-state index in [-0.39, 0.29) is 17.9 Å². The number of aromatic nitrogens is 4. The average molecular weight is 620 g/mol. The number of hydrogen-bond acceptors (Lipinski definition) is 9. The Balaban J connectivity index is 1.62. The number of rotatable bonds is 9. The van der Waals surface area contributed by atoms with Crippen LogP contribution >= 0.6 is 0 Å². The molecule has 226 valence electrons. The number of anilines is 1. The molecule has 0 spiro atoms. The summed E-state index contributed by atoms with van der Waals surface area (Å²) in [6.07, 6.45) is 0.399. The molecule has 1 aliphatic heterocycles. The zero-order chi connectivity index (χ0) is 30.9. The van der Waals surface area contributed by atoms with E-state index >= 15 is 0 Å². The highest BCUT2D eigenvalue weighted by molar-refractivity contribution is 6.70. The minimum atomic E-state index is -2.13. The Kier molecular flexibility index (Phi) is 8.74. The number of hydrogen-bond donors (Lipinski definition) is 1. The first-order chi connectivity index (χ1) is 20.4. The Labute approximate surface area is 252 Å². The van der Waals surface area contributed by atoms with Crippen LogP contribution in [0.2, 0.25) is 39.3 Å². The van der Waals surface area contributed by atoms with E-state index in [1.165, 1.54) is 12.7 Å². The van der Waals surface area contributed by atoms with E-state index in [9.17, 15) is 14.7 Å². The molecule has 4 atom stereocenters. The standard InChI is InChI=1S/C30H37N5O6Si2/c1-42(2,3)40-24-22(17-36)39-30(25(24)41-43(4,5)6)34-19-33-23-26(34)31-18-32-27(23)35(28(37)20-13-9-7-10-14-20)29(38)21-15-11-8-12-16-21/h7-16,18-19,22,24-25,30,36H,17H2,1-6H3/t22-,24-,25-,30-/m1/s1. The van der Waals surface area contributed by atoms with Crippen molar-refractivity contribution in [2.75, 3.05) is 11.5 Å². The van der Waals surface area contributed by atoms with Crippen molar-refractivity contribution in [2.24, 2.45) is 0 Å². The van der Waals surface area contributed by atoms with Gasteiger partial charge in [0.2, 0.25) is 0 Å². The Morgan fingerprint density at radius 2 is 1.37 bits per heavy atom. The second-order valence-electron chi connectivity index (χ2n) is 12.3. The van der Waals surface area contributed by atoms with Crippen LogP contribution in [0.25, 0.3) is 11.2 Å². The van der Waals surface area contributed by atoms with E-state index in [2.05, 4.69) is 54.2 Å². The number of carbonyl (C=O) groups excluding carboxylic acids is 2. The van der Waals surface area contributed by atoms with Crippen molar-refractivity contribution < 1.29 is 28.3 Å². The van der Waals surface area contributed by atoms with E-state index in [1.54, 1.807) is 65.2 Å². The van der Waals surface area contributed by atoms with Crippen LogP contribution in [0, 0.1) is 0 Å². The number of ether oxygens (including phenoxy) is 1. The van der Waals surface area contributed by atoms with Crippen LogP contribution in [0.3, 0.4) is 0 Å². The van der Waals surface area contributed by atoms with Crippen molar-refractivity contribution in [3.05, 3.63) is 84.4 Å². The number of carbonyl (C=O) groups is 2. The van der Waals surface area contributed by atoms with Crippen LogP contribution in [0.4, 0.5) is 5.82 Å². The number of aliphatic hydroxyl groups excluding tert-OH is 1. The Morgan fingerprint density at radius 3 is 1.88 bits per heavy atom. The van der Waals surface area contributed by atoms with Gasteiger partial charge in [-0.3, -0.25) is 14.2 Å². The van der Waals surface area contributed by atoms with Gasteiger partial charge in [-0.1, -0.05) is 36.4 Å². The average Bonchev–Trinajstić information content (AvgIpc) is 3.53. The maximum Gasteiger partial charge on any atom is 0.266 e. The fourth-order valence-corrected chi connectivity index (χ4v) is 7.23. The Bertz CT molecular complexity index is 1540. The quantitative estimate of drug-likeness (QED) is 0.210. The molecule has 11 nitrogen and oxygen atoms in total. The van der Waals surface area contributed by atoms with Crippen molar-refractivity contribution in [1.82, 2.24) is 19.5 Å². The lowest BCUT2D eigenvalue weighted by atomic mass is 10.1. The van der Waals surface area contributed by atoms with Gasteiger partial charge in [-0.25, -0.2) is 19.9 Å². The van der Waals surface area contributed by atoms with Crippen LogP contribution in [0.15, 0.2) is 73.3 Å². The van der Waals surface area contributed by atoms with E-state index in [1.807, 2.05) is 0 Å². The lowest BCUT2D eigenvalue weighted by molar-refractivity contribution is -0.0484. The van der Waals surface area contributed by atoms with Crippen LogP contribution in [-0.2, 0) is 13.6 Å². The SMILES string of the molecule is C[Si](C)(C)O[C@@H]1[C@H](O[Si](C)(C)C)[C@@H](CO)O[C@H]1n1cnc2c(N(C(=O)c3ccccc3)C(=O)c3ccccc3)ncnc21. The highest BCUT2D eigenvalue weighted by Gasteiger charge is 2.50. The molecule has 2 amide bonds. The second kappa shape index (κ2) is 12.2. The van der Waals surface area contributed by atoms with E-state index in [4.69, 9.17) is 13.6 Å². The molecule has 3 heterocycles. The predicted octanol–water partition coefficient (Wildman–Crippen LogP) is 4.64. The summed E-state index contributed by atoms with van der Waals surface area (Å²) >= 11 is 0. The minimum absolute atomic E-state index is 0.0423. The number of nitrogens with zero attached hydrogens (tertiary/aromatic N) is 5. The number of amides is 2. The van der Waals surface area contributed by atoms with Gasteiger partial charge in [0, 0.05) is 11.1 Å². The predicted molar refractivity (Wildman–Crippen MR) is 167 cm³/mol. The molecule has 2 aromatic heterocycles. The fraction of sp³-hybridized carbons (Fsp3) is 0.367. The maximum atomic E-state index is 13.9. The first kappa shape index (κ1) is 30.8. The minimum Gasteiger partial charge on any atom is -0.409 e. The van der Waals surface area contributed by atoms with Crippen LogP contribution in [0.5, 0.6) is 0 Å². The van der Waals surface area contributed by atoms with Crippen LogP contribution in [-0.4, -0.2) is 78.0 Å². The monoisotopic (exact) mass is 619 g/mol. The molecule has 1 aliphatic rings. The molecule has 1 fully saturated rings. The van der Waals surface area contributed by atoms with Gasteiger partial charge < -0.3 is 18.7 Å². The zero-order valence-electron chi connectivity index (χ0n) is 25.2. The lowest BCUT2D eigenvalue weighted by Gasteiger charge is -2.34. The molecular formula is C30H37N5O6Si2. The molecule has 43 heavy (non-hydrogen) atoms. The summed E-state index contributed by atoms with van der Waals surface area (Å²) in [6.45, 7) is 12.2. The molecule has 5 rings (SSSR count). The largest absolute Gasteiger partial charge is 0.409 e. The van der Waals surface area contributed by atoms with Gasteiger partial charge in [0.05, 0.1) is 12.9 Å². The summed E-state index contributed by atoms with van der Waals surface area (Å²) in [4.78, 5) is 42.2. The highest BCUT2D eigenvalue weighted by Crippen LogP contribution is 2.38. The number of fused-ring (bicyclic) bond motifs is 1. The van der Waals surface area contributed by atoms with Crippen LogP contribution in [0.1, 0.15) is 26.9 Å². The van der Waals surface area contributed by atoms with Gasteiger partial charge in [0.25, 0.3) is 11.8 Å². The molecule has 2 aromatic carbocycles. The molecule has 4 aromatic rings. The molecule has 0 radical (unpaired) electrons. The molecule has 0 bridgehead atoms. The van der Waals surface area contributed by atoms with Gasteiger partial charge in [0.1, 0.15) is 24.6 Å². The van der Waals surface area contributed by atoms with Crippen LogP contribution < -0.4 is 4.90 Å². The summed E-state index contributed by atoms with van der Waals surface area (Å²) in [6, 6.07) is 17.1. The summed E-state index contributed by atoms with van der Waals surface area (Å²) in [5, 5.41) is 10.3. The van der Waals surface area contributed by atoms with E-state index < -0.39 is 53.0 Å². The summed E-state index contributed by atoms with van der Waals surface area (Å²) in [5.41, 5.74) is 1.22. The van der Waals surface area contributed by atoms with Gasteiger partial charge in [0.15, 0.2) is 39.8 Å². The second-order valence-corrected chi connectivity index (χ2v) is 21.3. The number of imidazole rings is 1. The maximum absolute atomic E-state index is 13.9. The van der Waals surface area contributed by atoms with E-state index in [0.29, 0.717) is 16.8 Å². The van der Waals surface area contributed by atoms with Crippen molar-refractivity contribution in [3.8, 4) is 0 Å². The van der Waals surface area contributed by atoms with Crippen molar-refractivity contribution in [2.45, 2.75) is 63.8 Å².